The third kappa shape index (κ3) is 4.00. The molecule has 2 N–H and O–H groups in total. The van der Waals surface area contributed by atoms with Gasteiger partial charge in [-0.3, -0.25) is 0 Å². The number of nitrogens with one attached hydrogen (secondary N) is 2. The fraction of sp³-hybridized carbons (Fsp3) is 0.278. The van der Waals surface area contributed by atoms with Gasteiger partial charge in [0.25, 0.3) is 0 Å². The van der Waals surface area contributed by atoms with E-state index in [-0.39, 0.29) is 12.1 Å². The summed E-state index contributed by atoms with van der Waals surface area (Å²) in [7, 11) is 1.61. The normalized spacial score (nSPS) is 15.8. The molecule has 126 valence electrons. The van der Waals surface area contributed by atoms with E-state index in [4.69, 9.17) is 9.47 Å². The summed E-state index contributed by atoms with van der Waals surface area (Å²) in [6.07, 6.45) is 0.768. The van der Waals surface area contributed by atoms with Crippen molar-refractivity contribution in [2.24, 2.45) is 0 Å². The zero-order valence-electron chi connectivity index (χ0n) is 13.3. The minimum Gasteiger partial charge on any atom is -0.496 e. The second-order valence-corrected chi connectivity index (χ2v) is 6.52. The molecule has 1 aliphatic heterocycles. The van der Waals surface area contributed by atoms with Gasteiger partial charge in [-0.2, -0.15) is 0 Å². The number of para-hydroxylation sites is 1. The molecule has 0 fully saturated rings. The highest BCUT2D eigenvalue weighted by molar-refractivity contribution is 9.10. The number of halogens is 1. The summed E-state index contributed by atoms with van der Waals surface area (Å²) in [6.45, 7) is 0.864. The molecule has 1 unspecified atom stereocenters. The van der Waals surface area contributed by atoms with Crippen LogP contribution in [-0.4, -0.2) is 25.8 Å². The van der Waals surface area contributed by atoms with Gasteiger partial charge in [0.1, 0.15) is 18.1 Å². The molecule has 0 spiro atoms. The Morgan fingerprint density at radius 3 is 3.00 bits per heavy atom. The van der Waals surface area contributed by atoms with Crippen LogP contribution in [0.2, 0.25) is 0 Å². The van der Waals surface area contributed by atoms with Crippen molar-refractivity contribution in [3.8, 4) is 11.5 Å². The third-order valence-corrected chi connectivity index (χ3v) is 4.39. The van der Waals surface area contributed by atoms with Gasteiger partial charge in [0.05, 0.1) is 13.2 Å². The summed E-state index contributed by atoms with van der Waals surface area (Å²) in [6, 6.07) is 13.3. The Labute approximate surface area is 149 Å². The number of urea groups is 1. The van der Waals surface area contributed by atoms with Gasteiger partial charge in [-0.05, 0) is 36.2 Å². The molecule has 1 aliphatic rings. The maximum Gasteiger partial charge on any atom is 0.315 e. The van der Waals surface area contributed by atoms with Gasteiger partial charge >= 0.3 is 6.03 Å². The molecule has 24 heavy (non-hydrogen) atoms. The van der Waals surface area contributed by atoms with E-state index in [0.717, 1.165) is 33.5 Å². The summed E-state index contributed by atoms with van der Waals surface area (Å²) in [5.74, 6) is 1.64. The number of rotatable bonds is 4. The lowest BCUT2D eigenvalue weighted by Gasteiger charge is -2.26. The average Bonchev–Trinajstić information content (AvgIpc) is 2.60. The number of hydrogen-bond donors (Lipinski definition) is 2. The zero-order valence-corrected chi connectivity index (χ0v) is 14.9. The Hall–Kier alpha value is -2.21. The molecule has 3 rings (SSSR count). The first-order valence-electron chi connectivity index (χ1n) is 7.73. The molecule has 2 aromatic carbocycles. The van der Waals surface area contributed by atoms with E-state index >= 15 is 0 Å². The van der Waals surface area contributed by atoms with Crippen molar-refractivity contribution >= 4 is 22.0 Å². The maximum absolute atomic E-state index is 12.2. The molecule has 2 aromatic rings. The first kappa shape index (κ1) is 16.6. The standard InChI is InChI=1S/C18H19BrN2O3/c1-23-16-7-6-14(19)8-13(16)10-20-18(22)21-15-9-12-4-2-3-5-17(12)24-11-15/h2-8,15H,9-11H2,1H3,(H2,20,21,22). The quantitative estimate of drug-likeness (QED) is 0.841. The minimum atomic E-state index is -0.218. The third-order valence-electron chi connectivity index (χ3n) is 3.90. The van der Waals surface area contributed by atoms with Gasteiger partial charge in [0.15, 0.2) is 0 Å². The van der Waals surface area contributed by atoms with Crippen LogP contribution in [0.3, 0.4) is 0 Å². The maximum atomic E-state index is 12.2. The number of carbonyl (C=O) groups excluding carboxylic acids is 1. The highest BCUT2D eigenvalue weighted by Crippen LogP contribution is 2.24. The summed E-state index contributed by atoms with van der Waals surface area (Å²) in [5, 5.41) is 5.82. The molecule has 0 saturated heterocycles. The number of fused-ring (bicyclic) bond motifs is 1. The first-order valence-corrected chi connectivity index (χ1v) is 8.52. The van der Waals surface area contributed by atoms with E-state index in [1.54, 1.807) is 7.11 Å². The summed E-state index contributed by atoms with van der Waals surface area (Å²) >= 11 is 3.43. The van der Waals surface area contributed by atoms with Crippen LogP contribution in [-0.2, 0) is 13.0 Å². The van der Waals surface area contributed by atoms with E-state index in [1.807, 2.05) is 42.5 Å². The van der Waals surface area contributed by atoms with Crippen LogP contribution in [0.25, 0.3) is 0 Å². The molecule has 5 nitrogen and oxygen atoms in total. The fourth-order valence-electron chi connectivity index (χ4n) is 2.72. The Morgan fingerprint density at radius 1 is 1.33 bits per heavy atom. The predicted molar refractivity (Wildman–Crippen MR) is 95.5 cm³/mol. The molecule has 2 amide bonds. The van der Waals surface area contributed by atoms with E-state index in [1.165, 1.54) is 0 Å². The van der Waals surface area contributed by atoms with E-state index < -0.39 is 0 Å². The second-order valence-electron chi connectivity index (χ2n) is 5.60. The van der Waals surface area contributed by atoms with Crippen molar-refractivity contribution in [1.29, 1.82) is 0 Å². The van der Waals surface area contributed by atoms with Crippen LogP contribution < -0.4 is 20.1 Å². The summed E-state index contributed by atoms with van der Waals surface area (Å²) in [4.78, 5) is 12.2. The molecule has 0 bridgehead atoms. The Bertz CT molecular complexity index is 736. The van der Waals surface area contributed by atoms with Gasteiger partial charge in [0.2, 0.25) is 0 Å². The SMILES string of the molecule is COc1ccc(Br)cc1CNC(=O)NC1COc2ccccc2C1. The number of methoxy groups -OCH3 is 1. The van der Waals surface area contributed by atoms with Gasteiger partial charge < -0.3 is 20.1 Å². The molecular formula is C18H19BrN2O3. The van der Waals surface area contributed by atoms with Crippen molar-refractivity contribution in [2.75, 3.05) is 13.7 Å². The van der Waals surface area contributed by atoms with E-state index in [2.05, 4.69) is 26.6 Å². The molecule has 1 heterocycles. The molecule has 1 atom stereocenters. The largest absolute Gasteiger partial charge is 0.496 e. The molecular weight excluding hydrogens is 372 g/mol. The average molecular weight is 391 g/mol. The van der Waals surface area contributed by atoms with Gasteiger partial charge in [-0.15, -0.1) is 0 Å². The Morgan fingerprint density at radius 2 is 2.17 bits per heavy atom. The van der Waals surface area contributed by atoms with Crippen molar-refractivity contribution in [1.82, 2.24) is 10.6 Å². The highest BCUT2D eigenvalue weighted by Gasteiger charge is 2.21. The number of amides is 2. The number of carbonyl (C=O) groups is 1. The van der Waals surface area contributed by atoms with Gasteiger partial charge in [0, 0.05) is 16.6 Å². The highest BCUT2D eigenvalue weighted by atomic mass is 79.9. The fourth-order valence-corrected chi connectivity index (χ4v) is 3.13. The lowest BCUT2D eigenvalue weighted by molar-refractivity contribution is 0.214. The number of benzene rings is 2. The lowest BCUT2D eigenvalue weighted by Crippen LogP contribution is -2.47. The topological polar surface area (TPSA) is 59.6 Å². The van der Waals surface area contributed by atoms with Crippen LogP contribution in [0.5, 0.6) is 11.5 Å². The first-order chi connectivity index (χ1) is 11.7. The van der Waals surface area contributed by atoms with Gasteiger partial charge in [-0.25, -0.2) is 4.79 Å². The number of ether oxygens (including phenoxy) is 2. The van der Waals surface area contributed by atoms with Crippen LogP contribution in [0, 0.1) is 0 Å². The van der Waals surface area contributed by atoms with E-state index in [0.29, 0.717) is 13.2 Å². The van der Waals surface area contributed by atoms with Crippen LogP contribution in [0.4, 0.5) is 4.79 Å². The lowest BCUT2D eigenvalue weighted by atomic mass is 10.0. The van der Waals surface area contributed by atoms with Crippen LogP contribution >= 0.6 is 15.9 Å². The molecule has 0 saturated carbocycles. The van der Waals surface area contributed by atoms with Crippen molar-refractivity contribution in [3.63, 3.8) is 0 Å². The number of hydrogen-bond acceptors (Lipinski definition) is 3. The van der Waals surface area contributed by atoms with Gasteiger partial charge in [-0.1, -0.05) is 34.1 Å². The predicted octanol–water partition coefficient (Wildman–Crippen LogP) is 3.26. The second kappa shape index (κ2) is 7.57. The smallest absolute Gasteiger partial charge is 0.315 e. The Kier molecular flexibility index (Phi) is 5.25. The molecule has 0 aliphatic carbocycles. The van der Waals surface area contributed by atoms with E-state index in [9.17, 15) is 4.79 Å². The van der Waals surface area contributed by atoms with Crippen molar-refractivity contribution in [3.05, 3.63) is 58.1 Å². The molecule has 6 heteroatoms. The Balaban J connectivity index is 1.54. The van der Waals surface area contributed by atoms with Crippen LogP contribution in [0.15, 0.2) is 46.9 Å². The minimum absolute atomic E-state index is 0.0377. The summed E-state index contributed by atoms with van der Waals surface area (Å²) in [5.41, 5.74) is 2.02. The molecule has 0 aromatic heterocycles. The van der Waals surface area contributed by atoms with Crippen molar-refractivity contribution in [2.45, 2.75) is 19.0 Å². The summed E-state index contributed by atoms with van der Waals surface area (Å²) < 4.78 is 11.9. The monoisotopic (exact) mass is 390 g/mol. The van der Waals surface area contributed by atoms with Crippen molar-refractivity contribution < 1.29 is 14.3 Å². The zero-order chi connectivity index (χ0) is 16.9. The molecule has 0 radical (unpaired) electrons. The van der Waals surface area contributed by atoms with Crippen LogP contribution in [0.1, 0.15) is 11.1 Å².